The van der Waals surface area contributed by atoms with E-state index in [4.69, 9.17) is 0 Å². The molecule has 0 aromatic heterocycles. The first-order chi connectivity index (χ1) is 7.83. The molecule has 1 nitrogen and oxygen atoms in total. The first kappa shape index (κ1) is 11.1. The molecular formula is C15H19N. The molecule has 0 radical (unpaired) electrons. The molecule has 0 bridgehead atoms. The van der Waals surface area contributed by atoms with Crippen LogP contribution in [0.1, 0.15) is 31.4 Å². The Balaban J connectivity index is 2.14. The number of allylic oxidation sites excluding steroid dienone is 1. The maximum Gasteiger partial charge on any atom is 0.0643 e. The van der Waals surface area contributed by atoms with Gasteiger partial charge in [-0.2, -0.15) is 0 Å². The highest BCUT2D eigenvalue weighted by Crippen LogP contribution is 2.14. The van der Waals surface area contributed by atoms with Crippen molar-refractivity contribution in [2.75, 3.05) is 6.54 Å². The third kappa shape index (κ3) is 2.41. The summed E-state index contributed by atoms with van der Waals surface area (Å²) >= 11 is 0. The van der Waals surface area contributed by atoms with Gasteiger partial charge in [-0.15, -0.1) is 0 Å². The predicted molar refractivity (Wildman–Crippen MR) is 70.1 cm³/mol. The van der Waals surface area contributed by atoms with Gasteiger partial charge in [-0.1, -0.05) is 44.2 Å². The van der Waals surface area contributed by atoms with Crippen molar-refractivity contribution < 1.29 is 0 Å². The van der Waals surface area contributed by atoms with Crippen molar-refractivity contribution in [3.05, 3.63) is 47.5 Å². The van der Waals surface area contributed by atoms with Gasteiger partial charge in [0.15, 0.2) is 0 Å². The van der Waals surface area contributed by atoms with Crippen molar-refractivity contribution in [1.82, 2.24) is 0 Å². The van der Waals surface area contributed by atoms with Crippen LogP contribution in [0.3, 0.4) is 0 Å². The lowest BCUT2D eigenvalue weighted by Crippen LogP contribution is -2.10. The highest BCUT2D eigenvalue weighted by molar-refractivity contribution is 6.09. The zero-order valence-electron chi connectivity index (χ0n) is 10.1. The van der Waals surface area contributed by atoms with Gasteiger partial charge < -0.3 is 0 Å². The molecule has 0 N–H and O–H groups in total. The third-order valence-electron chi connectivity index (χ3n) is 3.20. The van der Waals surface area contributed by atoms with Gasteiger partial charge in [-0.3, -0.25) is 4.99 Å². The van der Waals surface area contributed by atoms with Gasteiger partial charge in [0, 0.05) is 6.54 Å². The van der Waals surface area contributed by atoms with Gasteiger partial charge in [-0.25, -0.2) is 0 Å². The van der Waals surface area contributed by atoms with Crippen LogP contribution in [0.25, 0.3) is 0 Å². The minimum Gasteiger partial charge on any atom is -0.284 e. The lowest BCUT2D eigenvalue weighted by molar-refractivity contribution is 0.636. The molecule has 2 rings (SSSR count). The molecule has 1 aromatic carbocycles. The Morgan fingerprint density at radius 2 is 1.94 bits per heavy atom. The van der Waals surface area contributed by atoms with Gasteiger partial charge in [0.05, 0.1) is 5.71 Å². The predicted octanol–water partition coefficient (Wildman–Crippen LogP) is 3.63. The molecular weight excluding hydrogens is 194 g/mol. The first-order valence-corrected chi connectivity index (χ1v) is 6.15. The summed E-state index contributed by atoms with van der Waals surface area (Å²) in [6.07, 6.45) is 6.73. The van der Waals surface area contributed by atoms with Crippen molar-refractivity contribution in [2.45, 2.75) is 26.7 Å². The van der Waals surface area contributed by atoms with E-state index in [-0.39, 0.29) is 0 Å². The fourth-order valence-electron chi connectivity index (χ4n) is 1.92. The lowest BCUT2D eigenvalue weighted by atomic mass is 9.99. The van der Waals surface area contributed by atoms with Crippen LogP contribution < -0.4 is 0 Å². The minimum atomic E-state index is 0.638. The smallest absolute Gasteiger partial charge is 0.0643 e. The summed E-state index contributed by atoms with van der Waals surface area (Å²) in [7, 11) is 0. The van der Waals surface area contributed by atoms with Crippen LogP contribution in [0.4, 0.5) is 0 Å². The Morgan fingerprint density at radius 3 is 2.44 bits per heavy atom. The van der Waals surface area contributed by atoms with Crippen LogP contribution in [0.15, 0.2) is 41.4 Å². The Hall–Kier alpha value is -1.37. The van der Waals surface area contributed by atoms with Crippen molar-refractivity contribution in [1.29, 1.82) is 0 Å². The number of dihydropyridines is 1. The van der Waals surface area contributed by atoms with Crippen molar-refractivity contribution in [3.8, 4) is 0 Å². The second-order valence-electron chi connectivity index (χ2n) is 4.30. The quantitative estimate of drug-likeness (QED) is 0.727. The highest BCUT2D eigenvalue weighted by atomic mass is 14.7. The molecule has 0 aliphatic carbocycles. The number of nitrogens with zero attached hydrogens (tertiary/aromatic N) is 1. The van der Waals surface area contributed by atoms with Crippen LogP contribution in [0.5, 0.6) is 0 Å². The van der Waals surface area contributed by atoms with Crippen LogP contribution in [-0.2, 0) is 6.42 Å². The van der Waals surface area contributed by atoms with E-state index in [0.29, 0.717) is 5.92 Å². The molecule has 1 aliphatic heterocycles. The zero-order chi connectivity index (χ0) is 11.4. The molecule has 1 atom stereocenters. The molecule has 0 saturated heterocycles. The van der Waals surface area contributed by atoms with E-state index in [1.165, 1.54) is 17.5 Å². The Labute approximate surface area is 97.9 Å². The van der Waals surface area contributed by atoms with Gasteiger partial charge in [0.25, 0.3) is 0 Å². The first-order valence-electron chi connectivity index (χ1n) is 6.15. The van der Waals surface area contributed by atoms with Crippen LogP contribution in [0, 0.1) is 5.92 Å². The summed E-state index contributed by atoms with van der Waals surface area (Å²) in [4.78, 5) is 4.64. The van der Waals surface area contributed by atoms with Gasteiger partial charge in [-0.05, 0) is 36.0 Å². The topological polar surface area (TPSA) is 12.4 Å². The fraction of sp³-hybridized carbons (Fsp3) is 0.400. The monoisotopic (exact) mass is 213 g/mol. The normalized spacial score (nSPS) is 19.6. The van der Waals surface area contributed by atoms with E-state index in [1.807, 2.05) is 0 Å². The van der Waals surface area contributed by atoms with E-state index in [2.05, 4.69) is 55.3 Å². The molecule has 0 spiro atoms. The number of rotatable bonds is 3. The molecule has 0 amide bonds. The molecule has 0 saturated carbocycles. The average Bonchev–Trinajstić information content (AvgIpc) is 2.39. The number of aryl methyl sites for hydroxylation is 1. The number of benzene rings is 1. The SMILES string of the molecule is CCc1ccc(C2=NCC(CC)C=C2)cc1. The summed E-state index contributed by atoms with van der Waals surface area (Å²) in [6, 6.07) is 8.73. The second kappa shape index (κ2) is 5.11. The standard InChI is InChI=1S/C15H19N/c1-3-12-5-8-14(9-6-12)15-10-7-13(4-2)11-16-15/h5-10,13H,3-4,11H2,1-2H3. The van der Waals surface area contributed by atoms with E-state index in [1.54, 1.807) is 0 Å². The van der Waals surface area contributed by atoms with Gasteiger partial charge >= 0.3 is 0 Å². The molecule has 1 heteroatoms. The molecule has 84 valence electrons. The Kier molecular flexibility index (Phi) is 3.55. The van der Waals surface area contributed by atoms with Gasteiger partial charge in [0.2, 0.25) is 0 Å². The summed E-state index contributed by atoms with van der Waals surface area (Å²) in [5, 5.41) is 0. The maximum atomic E-state index is 4.64. The van der Waals surface area contributed by atoms with Crippen molar-refractivity contribution in [3.63, 3.8) is 0 Å². The van der Waals surface area contributed by atoms with E-state index in [0.717, 1.165) is 18.7 Å². The number of hydrogen-bond donors (Lipinski definition) is 0. The Morgan fingerprint density at radius 1 is 1.19 bits per heavy atom. The zero-order valence-corrected chi connectivity index (χ0v) is 10.1. The number of aliphatic imine (C=N–C) groups is 1. The van der Waals surface area contributed by atoms with Crippen LogP contribution in [0.2, 0.25) is 0 Å². The maximum absolute atomic E-state index is 4.64. The molecule has 1 heterocycles. The number of hydrogen-bond acceptors (Lipinski definition) is 1. The summed E-state index contributed by atoms with van der Waals surface area (Å²) < 4.78 is 0. The average molecular weight is 213 g/mol. The van der Waals surface area contributed by atoms with E-state index >= 15 is 0 Å². The molecule has 1 aliphatic rings. The Bertz CT molecular complexity index is 398. The second-order valence-corrected chi connectivity index (χ2v) is 4.30. The van der Waals surface area contributed by atoms with E-state index < -0.39 is 0 Å². The molecule has 16 heavy (non-hydrogen) atoms. The van der Waals surface area contributed by atoms with Crippen molar-refractivity contribution in [2.24, 2.45) is 10.9 Å². The lowest BCUT2D eigenvalue weighted by Gasteiger charge is -2.13. The molecule has 1 unspecified atom stereocenters. The van der Waals surface area contributed by atoms with E-state index in [9.17, 15) is 0 Å². The molecule has 1 aromatic rings. The van der Waals surface area contributed by atoms with Crippen LogP contribution in [-0.4, -0.2) is 12.3 Å². The third-order valence-corrected chi connectivity index (χ3v) is 3.20. The fourth-order valence-corrected chi connectivity index (χ4v) is 1.92. The summed E-state index contributed by atoms with van der Waals surface area (Å²) in [6.45, 7) is 5.34. The van der Waals surface area contributed by atoms with Crippen LogP contribution >= 0.6 is 0 Å². The summed E-state index contributed by atoms with van der Waals surface area (Å²) in [5.74, 6) is 0.638. The van der Waals surface area contributed by atoms with Crippen molar-refractivity contribution >= 4 is 5.71 Å². The molecule has 0 fully saturated rings. The van der Waals surface area contributed by atoms with Gasteiger partial charge in [0.1, 0.15) is 0 Å². The largest absolute Gasteiger partial charge is 0.284 e. The minimum absolute atomic E-state index is 0.638. The summed E-state index contributed by atoms with van der Waals surface area (Å²) in [5.41, 5.74) is 3.76. The highest BCUT2D eigenvalue weighted by Gasteiger charge is 2.08.